The zero-order chi connectivity index (χ0) is 41.0. The van der Waals surface area contributed by atoms with Gasteiger partial charge in [-0.15, -0.1) is 21.5 Å². The molecule has 290 valence electrons. The van der Waals surface area contributed by atoms with Gasteiger partial charge in [-0.3, -0.25) is 0 Å². The van der Waals surface area contributed by atoms with Crippen LogP contribution in [0.4, 0.5) is 0 Å². The third kappa shape index (κ3) is 6.55. The standard InChI is InChI=1S/C58H36N2OS/c1-2-10-44(11-3-1)57-59-60-58(61-57)45-26-24-43(25-27-45)52-35-51(42-20-18-40(19-21-42)49-29-23-38-9-5-7-13-47(38)33-49)36-54-53-34-50(30-31-55(53)62-56(52)54)41-16-14-39(15-17-41)48-28-22-37-8-4-6-12-46(37)32-48/h1-36H. The average Bonchev–Trinajstić information content (AvgIpc) is 4.00. The molecule has 0 atom stereocenters. The second-order valence-electron chi connectivity index (χ2n) is 15.8. The van der Waals surface area contributed by atoms with Crippen molar-refractivity contribution in [1.29, 1.82) is 0 Å². The lowest BCUT2D eigenvalue weighted by molar-refractivity contribution is 0.584. The fraction of sp³-hybridized carbons (Fsp3) is 0. The van der Waals surface area contributed by atoms with Crippen molar-refractivity contribution in [2.75, 3.05) is 0 Å². The Balaban J connectivity index is 0.940. The molecule has 0 N–H and O–H groups in total. The van der Waals surface area contributed by atoms with Crippen LogP contribution in [0.25, 0.3) is 120 Å². The summed E-state index contributed by atoms with van der Waals surface area (Å²) in [4.78, 5) is 0. The molecule has 0 amide bonds. The van der Waals surface area contributed by atoms with Crippen LogP contribution in [0.1, 0.15) is 0 Å². The van der Waals surface area contributed by atoms with Gasteiger partial charge in [-0.1, -0.05) is 158 Å². The van der Waals surface area contributed by atoms with Crippen LogP contribution < -0.4 is 0 Å². The van der Waals surface area contributed by atoms with E-state index in [1.807, 2.05) is 41.7 Å². The van der Waals surface area contributed by atoms with Crippen molar-refractivity contribution in [2.24, 2.45) is 0 Å². The van der Waals surface area contributed by atoms with Crippen LogP contribution in [0.15, 0.2) is 223 Å². The van der Waals surface area contributed by atoms with Gasteiger partial charge in [-0.2, -0.15) is 0 Å². The first-order valence-corrected chi connectivity index (χ1v) is 21.7. The maximum Gasteiger partial charge on any atom is 0.248 e. The van der Waals surface area contributed by atoms with E-state index < -0.39 is 0 Å². The summed E-state index contributed by atoms with van der Waals surface area (Å²) in [7, 11) is 0. The topological polar surface area (TPSA) is 38.9 Å². The van der Waals surface area contributed by atoms with Gasteiger partial charge in [0.15, 0.2) is 0 Å². The van der Waals surface area contributed by atoms with Gasteiger partial charge in [0.05, 0.1) is 0 Å². The molecule has 12 aromatic rings. The number of nitrogens with zero attached hydrogens (tertiary/aromatic N) is 2. The molecule has 0 fully saturated rings. The molecule has 0 bridgehead atoms. The Bertz CT molecular complexity index is 3600. The quantitative estimate of drug-likeness (QED) is 0.161. The average molecular weight is 809 g/mol. The van der Waals surface area contributed by atoms with Crippen LogP contribution in [-0.2, 0) is 0 Å². The second kappa shape index (κ2) is 15.0. The molecule has 2 heterocycles. The molecule has 0 spiro atoms. The Morgan fingerprint density at radius 2 is 0.710 bits per heavy atom. The number of hydrogen-bond donors (Lipinski definition) is 0. The maximum atomic E-state index is 6.12. The summed E-state index contributed by atoms with van der Waals surface area (Å²) >= 11 is 1.85. The summed E-state index contributed by atoms with van der Waals surface area (Å²) < 4.78 is 8.65. The molecule has 0 saturated heterocycles. The minimum Gasteiger partial charge on any atom is -0.416 e. The highest BCUT2D eigenvalue weighted by Crippen LogP contribution is 2.44. The van der Waals surface area contributed by atoms with E-state index in [9.17, 15) is 0 Å². The highest BCUT2D eigenvalue weighted by molar-refractivity contribution is 7.26. The van der Waals surface area contributed by atoms with Crippen LogP contribution in [0.2, 0.25) is 0 Å². The molecular weight excluding hydrogens is 773 g/mol. The predicted octanol–water partition coefficient (Wildman–Crippen LogP) is 16.4. The van der Waals surface area contributed by atoms with Gasteiger partial charge in [-0.25, -0.2) is 0 Å². The van der Waals surface area contributed by atoms with E-state index in [-0.39, 0.29) is 0 Å². The monoisotopic (exact) mass is 808 g/mol. The highest BCUT2D eigenvalue weighted by atomic mass is 32.1. The van der Waals surface area contributed by atoms with E-state index in [0.29, 0.717) is 11.8 Å². The lowest BCUT2D eigenvalue weighted by Crippen LogP contribution is -1.85. The summed E-state index contributed by atoms with van der Waals surface area (Å²) in [6, 6.07) is 78.5. The number of rotatable bonds is 7. The van der Waals surface area contributed by atoms with Crippen molar-refractivity contribution in [3.63, 3.8) is 0 Å². The molecular formula is C58H36N2OS. The molecule has 4 heteroatoms. The van der Waals surface area contributed by atoms with Crippen molar-refractivity contribution in [2.45, 2.75) is 0 Å². The van der Waals surface area contributed by atoms with E-state index in [2.05, 4.69) is 198 Å². The molecule has 12 rings (SSSR count). The van der Waals surface area contributed by atoms with Crippen LogP contribution in [0.5, 0.6) is 0 Å². The molecule has 3 nitrogen and oxygen atoms in total. The van der Waals surface area contributed by atoms with Crippen molar-refractivity contribution in [3.8, 4) is 78.5 Å². The first kappa shape index (κ1) is 36.0. The van der Waals surface area contributed by atoms with Gasteiger partial charge < -0.3 is 4.42 Å². The van der Waals surface area contributed by atoms with Crippen molar-refractivity contribution in [3.05, 3.63) is 218 Å². The zero-order valence-corrected chi connectivity index (χ0v) is 34.3. The zero-order valence-electron chi connectivity index (χ0n) is 33.5. The smallest absolute Gasteiger partial charge is 0.248 e. The molecule has 0 radical (unpaired) electrons. The molecule has 0 aliphatic carbocycles. The van der Waals surface area contributed by atoms with Crippen LogP contribution in [0, 0.1) is 0 Å². The summed E-state index contributed by atoms with van der Waals surface area (Å²) in [5.74, 6) is 1.01. The highest BCUT2D eigenvalue weighted by Gasteiger charge is 2.17. The van der Waals surface area contributed by atoms with Gasteiger partial charge in [-0.05, 0) is 132 Å². The third-order valence-electron chi connectivity index (χ3n) is 12.1. The number of fused-ring (bicyclic) bond motifs is 5. The SMILES string of the molecule is c1ccc(-c2nnc(-c3ccc(-c4cc(-c5ccc(-c6ccc7ccccc7c6)cc5)cc5c4sc4ccc(-c6ccc(-c7ccc8ccccc8c7)cc6)cc45)cc3)o2)cc1. The largest absolute Gasteiger partial charge is 0.416 e. The molecule has 0 aliphatic heterocycles. The minimum absolute atomic E-state index is 0.500. The van der Waals surface area contributed by atoms with Crippen LogP contribution in [0.3, 0.4) is 0 Å². The van der Waals surface area contributed by atoms with E-state index in [1.165, 1.54) is 91.8 Å². The normalized spacial score (nSPS) is 11.5. The van der Waals surface area contributed by atoms with Crippen molar-refractivity contribution in [1.82, 2.24) is 10.2 Å². The predicted molar refractivity (Wildman–Crippen MR) is 260 cm³/mol. The lowest BCUT2D eigenvalue weighted by Gasteiger charge is -2.11. The van der Waals surface area contributed by atoms with Crippen molar-refractivity contribution < 1.29 is 4.42 Å². The van der Waals surface area contributed by atoms with E-state index in [4.69, 9.17) is 4.42 Å². The molecule has 62 heavy (non-hydrogen) atoms. The summed E-state index contributed by atoms with van der Waals surface area (Å²) in [5.41, 5.74) is 13.7. The molecule has 10 aromatic carbocycles. The Labute approximate surface area is 362 Å². The Morgan fingerprint density at radius 1 is 0.290 bits per heavy atom. The summed E-state index contributed by atoms with van der Waals surface area (Å²) in [6.45, 7) is 0. The first-order valence-electron chi connectivity index (χ1n) is 20.9. The van der Waals surface area contributed by atoms with Gasteiger partial charge in [0.25, 0.3) is 0 Å². The van der Waals surface area contributed by atoms with E-state index >= 15 is 0 Å². The summed E-state index contributed by atoms with van der Waals surface area (Å²) in [5, 5.41) is 16.2. The minimum atomic E-state index is 0.500. The fourth-order valence-electron chi connectivity index (χ4n) is 8.72. The molecule has 0 unspecified atom stereocenters. The van der Waals surface area contributed by atoms with Gasteiger partial charge in [0.1, 0.15) is 0 Å². The Kier molecular flexibility index (Phi) is 8.68. The number of hydrogen-bond acceptors (Lipinski definition) is 4. The van der Waals surface area contributed by atoms with Crippen LogP contribution >= 0.6 is 11.3 Å². The van der Waals surface area contributed by atoms with E-state index in [0.717, 1.165) is 16.7 Å². The van der Waals surface area contributed by atoms with Gasteiger partial charge in [0, 0.05) is 36.9 Å². The lowest BCUT2D eigenvalue weighted by atomic mass is 9.93. The van der Waals surface area contributed by atoms with Crippen LogP contribution in [-0.4, -0.2) is 10.2 Å². The Morgan fingerprint density at radius 3 is 1.29 bits per heavy atom. The molecule has 0 saturated carbocycles. The van der Waals surface area contributed by atoms with Crippen molar-refractivity contribution >= 4 is 53.1 Å². The number of aromatic nitrogens is 2. The molecule has 2 aromatic heterocycles. The van der Waals surface area contributed by atoms with Gasteiger partial charge >= 0.3 is 0 Å². The fourth-order valence-corrected chi connectivity index (χ4v) is 9.92. The molecule has 0 aliphatic rings. The third-order valence-corrected chi connectivity index (χ3v) is 13.3. The first-order chi connectivity index (χ1) is 30.7. The number of thiophene rings is 1. The maximum absolute atomic E-state index is 6.12. The summed E-state index contributed by atoms with van der Waals surface area (Å²) in [6.07, 6.45) is 0. The van der Waals surface area contributed by atoms with E-state index in [1.54, 1.807) is 0 Å². The number of benzene rings is 10. The Hall–Kier alpha value is -7.92. The van der Waals surface area contributed by atoms with Gasteiger partial charge in [0.2, 0.25) is 11.8 Å². The second-order valence-corrected chi connectivity index (χ2v) is 16.9.